The summed E-state index contributed by atoms with van der Waals surface area (Å²) in [5.41, 5.74) is 0. The van der Waals surface area contributed by atoms with Crippen LogP contribution in [0.15, 0.2) is 4.99 Å². The van der Waals surface area contributed by atoms with Crippen molar-refractivity contribution in [2.75, 3.05) is 6.54 Å². The molecule has 0 aromatic rings. The smallest absolute Gasteiger partial charge is 0.211 e. The van der Waals surface area contributed by atoms with Gasteiger partial charge in [-0.2, -0.15) is 11.8 Å². The average Bonchev–Trinajstić information content (AvgIpc) is 1.82. The van der Waals surface area contributed by atoms with Gasteiger partial charge in [0.1, 0.15) is 0 Å². The van der Waals surface area contributed by atoms with E-state index in [2.05, 4.69) is 25.8 Å². The van der Waals surface area contributed by atoms with Crippen LogP contribution >= 0.6 is 11.8 Å². The molecule has 58 valence electrons. The van der Waals surface area contributed by atoms with Crippen molar-refractivity contribution in [3.63, 3.8) is 0 Å². The van der Waals surface area contributed by atoms with E-state index in [0.29, 0.717) is 17.0 Å². The summed E-state index contributed by atoms with van der Waals surface area (Å²) < 4.78 is 0. The lowest BCUT2D eigenvalue weighted by molar-refractivity contribution is 0.563. The molecule has 0 rings (SSSR count). The van der Waals surface area contributed by atoms with Crippen LogP contribution < -0.4 is 0 Å². The van der Waals surface area contributed by atoms with Crippen molar-refractivity contribution in [1.82, 2.24) is 0 Å². The highest BCUT2D eigenvalue weighted by molar-refractivity contribution is 8.00. The number of carbonyl (C=O) groups excluding carboxylic acids is 1. The van der Waals surface area contributed by atoms with Gasteiger partial charge in [-0.05, 0) is 5.25 Å². The Balaban J connectivity index is 3.42. The third-order valence-electron chi connectivity index (χ3n) is 0.917. The highest BCUT2D eigenvalue weighted by Gasteiger charge is 2.02. The van der Waals surface area contributed by atoms with Gasteiger partial charge in [0.2, 0.25) is 6.08 Å². The molecule has 3 heteroatoms. The molecule has 2 nitrogen and oxygen atoms in total. The van der Waals surface area contributed by atoms with Gasteiger partial charge in [0.05, 0.1) is 6.54 Å². The van der Waals surface area contributed by atoms with Gasteiger partial charge in [0, 0.05) is 5.25 Å². The Morgan fingerprint density at radius 3 is 2.50 bits per heavy atom. The Kier molecular flexibility index (Phi) is 5.36. The lowest BCUT2D eigenvalue weighted by atomic mass is 10.5. The van der Waals surface area contributed by atoms with Crippen molar-refractivity contribution in [3.8, 4) is 0 Å². The van der Waals surface area contributed by atoms with Gasteiger partial charge in [0.25, 0.3) is 0 Å². The van der Waals surface area contributed by atoms with Crippen molar-refractivity contribution in [3.05, 3.63) is 0 Å². The molecule has 1 atom stereocenters. The lowest BCUT2D eigenvalue weighted by Crippen LogP contribution is -2.04. The second-order valence-electron chi connectivity index (χ2n) is 2.43. The number of aliphatic imine (C=N–C) groups is 1. The first-order chi connectivity index (χ1) is 4.66. The number of isocyanates is 1. The Morgan fingerprint density at radius 1 is 1.50 bits per heavy atom. The third kappa shape index (κ3) is 5.86. The van der Waals surface area contributed by atoms with Gasteiger partial charge >= 0.3 is 0 Å². The quantitative estimate of drug-likeness (QED) is 0.463. The molecule has 0 aliphatic carbocycles. The zero-order valence-electron chi connectivity index (χ0n) is 6.63. The van der Waals surface area contributed by atoms with Crippen LogP contribution in [-0.2, 0) is 4.79 Å². The van der Waals surface area contributed by atoms with Crippen molar-refractivity contribution < 1.29 is 4.79 Å². The zero-order valence-corrected chi connectivity index (χ0v) is 7.44. The van der Waals surface area contributed by atoms with Crippen LogP contribution in [0.25, 0.3) is 0 Å². The highest BCUT2D eigenvalue weighted by atomic mass is 32.2. The number of rotatable bonds is 4. The van der Waals surface area contributed by atoms with Crippen molar-refractivity contribution in [2.24, 2.45) is 4.99 Å². The molecule has 0 fully saturated rings. The molecule has 0 saturated heterocycles. The number of hydrogen-bond acceptors (Lipinski definition) is 3. The molecule has 10 heavy (non-hydrogen) atoms. The second kappa shape index (κ2) is 5.51. The first-order valence-electron chi connectivity index (χ1n) is 3.36. The fourth-order valence-corrected chi connectivity index (χ4v) is 1.76. The normalized spacial score (nSPS) is 12.8. The largest absolute Gasteiger partial charge is 0.234 e. The highest BCUT2D eigenvalue weighted by Crippen LogP contribution is 2.16. The molecular formula is C7H13NOS. The molecule has 0 bridgehead atoms. The van der Waals surface area contributed by atoms with Crippen molar-refractivity contribution >= 4 is 17.8 Å². The number of nitrogens with zero attached hydrogens (tertiary/aromatic N) is 1. The topological polar surface area (TPSA) is 29.4 Å². The summed E-state index contributed by atoms with van der Waals surface area (Å²) in [6.45, 7) is 6.91. The Hall–Kier alpha value is -0.270. The third-order valence-corrected chi connectivity index (χ3v) is 2.08. The summed E-state index contributed by atoms with van der Waals surface area (Å²) >= 11 is 1.82. The van der Waals surface area contributed by atoms with E-state index in [1.165, 1.54) is 6.08 Å². The molecule has 0 aromatic heterocycles. The van der Waals surface area contributed by atoms with Gasteiger partial charge in [-0.25, -0.2) is 9.79 Å². The number of hydrogen-bond donors (Lipinski definition) is 0. The van der Waals surface area contributed by atoms with E-state index in [-0.39, 0.29) is 0 Å². The minimum absolute atomic E-state index is 0.432. The SMILES string of the molecule is CC(C)SC(C)CN=C=O. The summed E-state index contributed by atoms with van der Waals surface area (Å²) in [5, 5.41) is 1.04. The monoisotopic (exact) mass is 159 g/mol. The van der Waals surface area contributed by atoms with Crippen LogP contribution in [0, 0.1) is 0 Å². The fraction of sp³-hybridized carbons (Fsp3) is 0.857. The van der Waals surface area contributed by atoms with E-state index in [0.717, 1.165) is 0 Å². The first kappa shape index (κ1) is 9.73. The molecular weight excluding hydrogens is 146 g/mol. The van der Waals surface area contributed by atoms with Crippen LogP contribution in [0.4, 0.5) is 0 Å². The molecule has 0 aliphatic heterocycles. The van der Waals surface area contributed by atoms with Crippen molar-refractivity contribution in [2.45, 2.75) is 31.3 Å². The summed E-state index contributed by atoms with van der Waals surface area (Å²) in [6.07, 6.45) is 1.53. The molecule has 0 spiro atoms. The zero-order chi connectivity index (χ0) is 7.98. The summed E-state index contributed by atoms with van der Waals surface area (Å²) in [5.74, 6) is 0. The Bertz CT molecular complexity index is 130. The summed E-state index contributed by atoms with van der Waals surface area (Å²) in [6, 6.07) is 0. The van der Waals surface area contributed by atoms with Gasteiger partial charge in [-0.3, -0.25) is 0 Å². The molecule has 0 aromatic carbocycles. The van der Waals surface area contributed by atoms with Gasteiger partial charge < -0.3 is 0 Å². The van der Waals surface area contributed by atoms with Crippen LogP contribution in [0.5, 0.6) is 0 Å². The standard InChI is InChI=1S/C7H13NOS/c1-6(2)10-7(3)4-8-5-9/h6-7H,4H2,1-3H3. The molecule has 1 unspecified atom stereocenters. The summed E-state index contributed by atoms with van der Waals surface area (Å²) in [7, 11) is 0. The Morgan fingerprint density at radius 2 is 2.10 bits per heavy atom. The van der Waals surface area contributed by atoms with E-state index >= 15 is 0 Å². The molecule has 0 radical (unpaired) electrons. The minimum Gasteiger partial charge on any atom is -0.211 e. The van der Waals surface area contributed by atoms with Crippen LogP contribution in [0.3, 0.4) is 0 Å². The van der Waals surface area contributed by atoms with Crippen molar-refractivity contribution in [1.29, 1.82) is 0 Å². The maximum Gasteiger partial charge on any atom is 0.234 e. The minimum atomic E-state index is 0.432. The van der Waals surface area contributed by atoms with E-state index < -0.39 is 0 Å². The average molecular weight is 159 g/mol. The second-order valence-corrected chi connectivity index (χ2v) is 4.45. The van der Waals surface area contributed by atoms with Crippen LogP contribution in [0.1, 0.15) is 20.8 Å². The van der Waals surface area contributed by atoms with Gasteiger partial charge in [0.15, 0.2) is 0 Å². The van der Waals surface area contributed by atoms with E-state index in [9.17, 15) is 4.79 Å². The molecule has 0 heterocycles. The summed E-state index contributed by atoms with van der Waals surface area (Å²) in [4.78, 5) is 13.2. The van der Waals surface area contributed by atoms with Crippen LogP contribution in [-0.4, -0.2) is 23.1 Å². The van der Waals surface area contributed by atoms with E-state index in [1.807, 2.05) is 11.8 Å². The molecule has 0 amide bonds. The van der Waals surface area contributed by atoms with Gasteiger partial charge in [-0.15, -0.1) is 0 Å². The van der Waals surface area contributed by atoms with E-state index in [1.54, 1.807) is 0 Å². The molecule has 0 saturated carbocycles. The first-order valence-corrected chi connectivity index (χ1v) is 4.30. The molecule has 0 N–H and O–H groups in total. The predicted molar refractivity (Wildman–Crippen MR) is 45.2 cm³/mol. The lowest BCUT2D eigenvalue weighted by Gasteiger charge is -2.09. The fourth-order valence-electron chi connectivity index (χ4n) is 0.673. The van der Waals surface area contributed by atoms with Crippen LogP contribution in [0.2, 0.25) is 0 Å². The Labute approximate surface area is 66.1 Å². The number of thioether (sulfide) groups is 1. The van der Waals surface area contributed by atoms with E-state index in [4.69, 9.17) is 0 Å². The maximum atomic E-state index is 9.69. The maximum absolute atomic E-state index is 9.69. The molecule has 0 aliphatic rings. The predicted octanol–water partition coefficient (Wildman–Crippen LogP) is 1.85. The van der Waals surface area contributed by atoms with Gasteiger partial charge in [-0.1, -0.05) is 20.8 Å².